The molecule has 8 heteroatoms. The van der Waals surface area contributed by atoms with Crippen molar-refractivity contribution in [2.45, 2.75) is 11.8 Å². The second-order valence-corrected chi connectivity index (χ2v) is 7.03. The van der Waals surface area contributed by atoms with E-state index in [1.165, 1.54) is 37.4 Å². The minimum Gasteiger partial charge on any atom is -0.465 e. The zero-order chi connectivity index (χ0) is 19.8. The monoisotopic (exact) mass is 389 g/mol. The zero-order valence-corrected chi connectivity index (χ0v) is 15.7. The van der Waals surface area contributed by atoms with Crippen molar-refractivity contribution in [3.8, 4) is 0 Å². The number of carbonyl (C=O) groups is 3. The van der Waals surface area contributed by atoms with Gasteiger partial charge in [0.2, 0.25) is 0 Å². The number of ether oxygens (including phenoxy) is 2. The molecule has 7 nitrogen and oxygen atoms in total. The summed E-state index contributed by atoms with van der Waals surface area (Å²) in [5.41, 5.74) is 0.964. The van der Waals surface area contributed by atoms with E-state index in [9.17, 15) is 18.6 Å². The number of anilines is 1. The number of esters is 2. The summed E-state index contributed by atoms with van der Waals surface area (Å²) in [5, 5.41) is 2.55. The third-order valence-electron chi connectivity index (χ3n) is 3.54. The first kappa shape index (κ1) is 20.3. The van der Waals surface area contributed by atoms with E-state index in [1.54, 1.807) is 25.1 Å². The summed E-state index contributed by atoms with van der Waals surface area (Å²) >= 11 is 0. The molecule has 2 aromatic rings. The fourth-order valence-corrected chi connectivity index (χ4v) is 3.14. The average molecular weight is 389 g/mol. The first-order valence-electron chi connectivity index (χ1n) is 8.09. The minimum atomic E-state index is -1.31. The number of methoxy groups -OCH3 is 1. The lowest BCUT2D eigenvalue weighted by atomic mass is 10.2. The Morgan fingerprint density at radius 3 is 2.30 bits per heavy atom. The Balaban J connectivity index is 1.95. The van der Waals surface area contributed by atoms with Crippen LogP contribution in [0.15, 0.2) is 53.4 Å². The number of benzene rings is 2. The predicted molar refractivity (Wildman–Crippen MR) is 100 cm³/mol. The highest BCUT2D eigenvalue weighted by Crippen LogP contribution is 2.15. The van der Waals surface area contributed by atoms with E-state index in [2.05, 4.69) is 10.1 Å². The van der Waals surface area contributed by atoms with Gasteiger partial charge in [0.15, 0.2) is 6.61 Å². The van der Waals surface area contributed by atoms with Crippen molar-refractivity contribution in [1.82, 2.24) is 0 Å². The Labute approximate surface area is 159 Å². The van der Waals surface area contributed by atoms with Gasteiger partial charge in [0.25, 0.3) is 5.91 Å². The smallest absolute Gasteiger partial charge is 0.339 e. The van der Waals surface area contributed by atoms with Crippen molar-refractivity contribution >= 4 is 34.3 Å². The molecule has 0 aromatic heterocycles. The van der Waals surface area contributed by atoms with Gasteiger partial charge in [-0.1, -0.05) is 19.1 Å². The van der Waals surface area contributed by atoms with Crippen LogP contribution in [0.3, 0.4) is 0 Å². The molecule has 0 bridgehead atoms. The Bertz CT molecular complexity index is 863. The van der Waals surface area contributed by atoms with Crippen LogP contribution in [0.1, 0.15) is 27.6 Å². The molecule has 0 spiro atoms. The molecular formula is C19H19NO6S. The molecule has 142 valence electrons. The number of rotatable bonds is 7. The average Bonchev–Trinajstić information content (AvgIpc) is 2.71. The third kappa shape index (κ3) is 5.49. The molecule has 1 N–H and O–H groups in total. The highest BCUT2D eigenvalue weighted by atomic mass is 32.2. The fourth-order valence-electron chi connectivity index (χ4n) is 2.20. The number of amides is 1. The Morgan fingerprint density at radius 2 is 1.67 bits per heavy atom. The Hall–Kier alpha value is -3.00. The van der Waals surface area contributed by atoms with Crippen LogP contribution in [-0.2, 0) is 25.1 Å². The van der Waals surface area contributed by atoms with E-state index < -0.39 is 35.3 Å². The van der Waals surface area contributed by atoms with Gasteiger partial charge in [-0.05, 0) is 36.4 Å². The maximum Gasteiger partial charge on any atom is 0.339 e. The van der Waals surface area contributed by atoms with Gasteiger partial charge in [-0.25, -0.2) is 9.59 Å². The molecule has 2 aromatic carbocycles. The van der Waals surface area contributed by atoms with E-state index >= 15 is 0 Å². The molecule has 0 aliphatic heterocycles. The van der Waals surface area contributed by atoms with E-state index in [0.29, 0.717) is 21.9 Å². The highest BCUT2D eigenvalue weighted by Gasteiger charge is 2.17. The summed E-state index contributed by atoms with van der Waals surface area (Å²) in [6.07, 6.45) is 0. The lowest BCUT2D eigenvalue weighted by Crippen LogP contribution is -2.21. The molecule has 0 radical (unpaired) electrons. The molecule has 1 amide bonds. The Morgan fingerprint density at radius 1 is 1.00 bits per heavy atom. The Kier molecular flexibility index (Phi) is 7.25. The lowest BCUT2D eigenvalue weighted by Gasteiger charge is -2.09. The first-order chi connectivity index (χ1) is 13.0. The third-order valence-corrected chi connectivity index (χ3v) is 4.91. The van der Waals surface area contributed by atoms with Crippen molar-refractivity contribution in [1.29, 1.82) is 0 Å². The minimum absolute atomic E-state index is 0.174. The molecule has 0 aliphatic rings. The fraction of sp³-hybridized carbons (Fsp3) is 0.211. The van der Waals surface area contributed by atoms with Gasteiger partial charge in [-0.3, -0.25) is 9.00 Å². The first-order valence-corrected chi connectivity index (χ1v) is 9.41. The molecule has 1 atom stereocenters. The van der Waals surface area contributed by atoms with Crippen LogP contribution >= 0.6 is 0 Å². The summed E-state index contributed by atoms with van der Waals surface area (Å²) in [4.78, 5) is 35.9. The largest absolute Gasteiger partial charge is 0.465 e. The number of hydrogen-bond donors (Lipinski definition) is 1. The van der Waals surface area contributed by atoms with Crippen LogP contribution in [-0.4, -0.2) is 41.5 Å². The molecule has 0 heterocycles. The van der Waals surface area contributed by atoms with Gasteiger partial charge in [0.1, 0.15) is 0 Å². The zero-order valence-electron chi connectivity index (χ0n) is 14.9. The predicted octanol–water partition coefficient (Wildman–Crippen LogP) is 2.40. The summed E-state index contributed by atoms with van der Waals surface area (Å²) in [7, 11) is -0.0362. The maximum absolute atomic E-state index is 12.2. The van der Waals surface area contributed by atoms with E-state index in [1.807, 2.05) is 0 Å². The van der Waals surface area contributed by atoms with Crippen molar-refractivity contribution in [2.75, 3.05) is 24.8 Å². The summed E-state index contributed by atoms with van der Waals surface area (Å²) in [5.74, 6) is -1.37. The van der Waals surface area contributed by atoms with Crippen LogP contribution in [0, 0.1) is 0 Å². The summed E-state index contributed by atoms with van der Waals surface area (Å²) in [6, 6.07) is 12.5. The molecule has 2 rings (SSSR count). The number of carbonyl (C=O) groups excluding carboxylic acids is 3. The van der Waals surface area contributed by atoms with Crippen LogP contribution in [0.4, 0.5) is 5.69 Å². The van der Waals surface area contributed by atoms with Gasteiger partial charge >= 0.3 is 11.9 Å². The molecule has 27 heavy (non-hydrogen) atoms. The second kappa shape index (κ2) is 9.63. The van der Waals surface area contributed by atoms with E-state index in [0.717, 1.165) is 0 Å². The molecule has 0 fully saturated rings. The van der Waals surface area contributed by atoms with Crippen LogP contribution < -0.4 is 5.32 Å². The normalized spacial score (nSPS) is 11.3. The topological polar surface area (TPSA) is 98.8 Å². The van der Waals surface area contributed by atoms with E-state index in [4.69, 9.17) is 4.74 Å². The molecule has 0 saturated carbocycles. The molecule has 0 saturated heterocycles. The van der Waals surface area contributed by atoms with Gasteiger partial charge in [0, 0.05) is 11.4 Å². The SMILES string of the molecule is CC[S@](=O)c1ccccc1C(=O)OCC(=O)Nc1ccc(C(=O)OC)cc1. The number of nitrogens with one attached hydrogen (secondary N) is 1. The lowest BCUT2D eigenvalue weighted by molar-refractivity contribution is -0.119. The van der Waals surface area contributed by atoms with Crippen molar-refractivity contribution in [3.63, 3.8) is 0 Å². The quantitative estimate of drug-likeness (QED) is 0.730. The molecule has 0 aliphatic carbocycles. The van der Waals surface area contributed by atoms with Gasteiger partial charge in [-0.2, -0.15) is 0 Å². The summed E-state index contributed by atoms with van der Waals surface area (Å²) in [6.45, 7) is 1.25. The number of hydrogen-bond acceptors (Lipinski definition) is 6. The molecule has 0 unspecified atom stereocenters. The van der Waals surface area contributed by atoms with Crippen molar-refractivity contribution < 1.29 is 28.1 Å². The highest BCUT2D eigenvalue weighted by molar-refractivity contribution is 7.85. The van der Waals surface area contributed by atoms with Crippen LogP contribution in [0.5, 0.6) is 0 Å². The van der Waals surface area contributed by atoms with Crippen molar-refractivity contribution in [3.05, 3.63) is 59.7 Å². The standard InChI is InChI=1S/C19H19NO6S/c1-3-27(24)16-7-5-4-6-15(16)19(23)26-12-17(21)20-14-10-8-13(9-11-14)18(22)25-2/h4-11H,3,12H2,1-2H3,(H,20,21)/t27-/m0/s1. The van der Waals surface area contributed by atoms with E-state index in [-0.39, 0.29) is 5.56 Å². The molecular weight excluding hydrogens is 370 g/mol. The van der Waals surface area contributed by atoms with Crippen LogP contribution in [0.2, 0.25) is 0 Å². The van der Waals surface area contributed by atoms with Crippen LogP contribution in [0.25, 0.3) is 0 Å². The second-order valence-electron chi connectivity index (χ2n) is 5.32. The summed E-state index contributed by atoms with van der Waals surface area (Å²) < 4.78 is 21.6. The van der Waals surface area contributed by atoms with Crippen molar-refractivity contribution in [2.24, 2.45) is 0 Å². The maximum atomic E-state index is 12.2. The van der Waals surface area contributed by atoms with Gasteiger partial charge in [-0.15, -0.1) is 0 Å². The van der Waals surface area contributed by atoms with Gasteiger partial charge in [0.05, 0.1) is 33.9 Å². The van der Waals surface area contributed by atoms with Gasteiger partial charge < -0.3 is 14.8 Å².